The molecule has 0 bridgehead atoms. The largest absolute Gasteiger partial charge is 0.489 e. The third-order valence-electron chi connectivity index (χ3n) is 2.97. The Bertz CT molecular complexity index is 559. The number of hydrogen-bond acceptors (Lipinski definition) is 2. The molecule has 0 spiro atoms. The molecule has 0 N–H and O–H groups in total. The maximum Gasteiger partial charge on any atom is 0.162 e. The van der Waals surface area contributed by atoms with Crippen LogP contribution in [-0.4, -0.2) is 5.78 Å². The van der Waals surface area contributed by atoms with Crippen LogP contribution in [-0.2, 0) is 6.61 Å². The average molecular weight is 272 g/mol. The molecule has 0 heterocycles. The Labute approximate surface area is 118 Å². The maximum absolute atomic E-state index is 12.8. The zero-order valence-electron chi connectivity index (χ0n) is 11.4. The van der Waals surface area contributed by atoms with Crippen molar-refractivity contribution in [2.45, 2.75) is 26.4 Å². The van der Waals surface area contributed by atoms with Crippen LogP contribution in [0.1, 0.15) is 35.7 Å². The van der Waals surface area contributed by atoms with E-state index in [1.54, 1.807) is 36.4 Å². The molecule has 0 saturated carbocycles. The summed E-state index contributed by atoms with van der Waals surface area (Å²) in [6, 6.07) is 13.3. The van der Waals surface area contributed by atoms with Gasteiger partial charge in [-0.2, -0.15) is 0 Å². The Morgan fingerprint density at radius 3 is 2.30 bits per heavy atom. The van der Waals surface area contributed by atoms with Gasteiger partial charge in [0.15, 0.2) is 5.78 Å². The minimum atomic E-state index is -0.257. The van der Waals surface area contributed by atoms with Gasteiger partial charge in [-0.25, -0.2) is 4.39 Å². The molecule has 3 heteroatoms. The Morgan fingerprint density at radius 2 is 1.70 bits per heavy atom. The first-order valence-corrected chi connectivity index (χ1v) is 6.69. The molecule has 20 heavy (non-hydrogen) atoms. The van der Waals surface area contributed by atoms with Crippen molar-refractivity contribution in [3.8, 4) is 5.75 Å². The molecule has 2 nitrogen and oxygen atoms in total. The highest BCUT2D eigenvalue weighted by Gasteiger charge is 2.04. The van der Waals surface area contributed by atoms with E-state index < -0.39 is 0 Å². The van der Waals surface area contributed by atoms with Gasteiger partial charge in [-0.05, 0) is 48.4 Å². The highest BCUT2D eigenvalue weighted by atomic mass is 19.1. The smallest absolute Gasteiger partial charge is 0.162 e. The van der Waals surface area contributed by atoms with Gasteiger partial charge in [0, 0.05) is 12.0 Å². The van der Waals surface area contributed by atoms with E-state index in [2.05, 4.69) is 0 Å². The lowest BCUT2D eigenvalue weighted by atomic mass is 10.1. The molecule has 2 aromatic rings. The molecule has 2 aromatic carbocycles. The molecule has 0 unspecified atom stereocenters. The van der Waals surface area contributed by atoms with E-state index in [1.807, 2.05) is 6.92 Å². The van der Waals surface area contributed by atoms with E-state index in [4.69, 9.17) is 4.74 Å². The lowest BCUT2D eigenvalue weighted by Gasteiger charge is -2.07. The summed E-state index contributed by atoms with van der Waals surface area (Å²) in [6.07, 6.45) is 1.41. The molecule has 0 atom stereocenters. The number of carbonyl (C=O) groups is 1. The molecule has 0 fully saturated rings. The number of hydrogen-bond donors (Lipinski definition) is 0. The summed E-state index contributed by atoms with van der Waals surface area (Å²) in [5.74, 6) is 0.590. The highest BCUT2D eigenvalue weighted by Crippen LogP contribution is 2.16. The van der Waals surface area contributed by atoms with Crippen LogP contribution in [0.15, 0.2) is 48.5 Å². The monoisotopic (exact) mass is 272 g/mol. The van der Waals surface area contributed by atoms with Crippen LogP contribution in [0.3, 0.4) is 0 Å². The first-order chi connectivity index (χ1) is 9.69. The van der Waals surface area contributed by atoms with Crippen LogP contribution < -0.4 is 4.74 Å². The zero-order chi connectivity index (χ0) is 14.4. The van der Waals surface area contributed by atoms with Gasteiger partial charge in [-0.1, -0.05) is 19.1 Å². The summed E-state index contributed by atoms with van der Waals surface area (Å²) in [4.78, 5) is 11.7. The number of halogens is 1. The number of ether oxygens (including phenoxy) is 1. The average Bonchev–Trinajstić information content (AvgIpc) is 2.47. The van der Waals surface area contributed by atoms with E-state index in [9.17, 15) is 9.18 Å². The summed E-state index contributed by atoms with van der Waals surface area (Å²) in [5.41, 5.74) is 1.61. The van der Waals surface area contributed by atoms with Crippen LogP contribution in [0.25, 0.3) is 0 Å². The third kappa shape index (κ3) is 3.92. The topological polar surface area (TPSA) is 26.3 Å². The number of Topliss-reactive ketones (excluding diaryl/α,β-unsaturated/α-hetero) is 1. The molecule has 0 aliphatic carbocycles. The summed E-state index contributed by atoms with van der Waals surface area (Å²) in [6.45, 7) is 2.36. The first kappa shape index (κ1) is 14.3. The first-order valence-electron chi connectivity index (χ1n) is 6.69. The standard InChI is InChI=1S/C17H17FO2/c1-2-3-17(19)14-6-10-16(11-7-14)20-12-13-4-8-15(18)9-5-13/h4-11H,2-3,12H2,1H3. The van der Waals surface area contributed by atoms with Crippen molar-refractivity contribution >= 4 is 5.78 Å². The molecule has 2 rings (SSSR count). The number of carbonyl (C=O) groups excluding carboxylic acids is 1. The van der Waals surface area contributed by atoms with Crippen LogP contribution in [0.2, 0.25) is 0 Å². The third-order valence-corrected chi connectivity index (χ3v) is 2.97. The van der Waals surface area contributed by atoms with Crippen LogP contribution in [0, 0.1) is 5.82 Å². The van der Waals surface area contributed by atoms with Crippen molar-refractivity contribution in [3.05, 3.63) is 65.5 Å². The summed E-state index contributed by atoms with van der Waals surface area (Å²) in [7, 11) is 0. The Morgan fingerprint density at radius 1 is 1.05 bits per heavy atom. The van der Waals surface area contributed by atoms with E-state index in [0.29, 0.717) is 24.3 Å². The van der Waals surface area contributed by atoms with Crippen molar-refractivity contribution in [1.82, 2.24) is 0 Å². The second-order valence-corrected chi connectivity index (χ2v) is 4.61. The van der Waals surface area contributed by atoms with Crippen molar-refractivity contribution < 1.29 is 13.9 Å². The van der Waals surface area contributed by atoms with Crippen LogP contribution in [0.4, 0.5) is 4.39 Å². The number of rotatable bonds is 6. The molecule has 0 amide bonds. The van der Waals surface area contributed by atoms with Gasteiger partial charge >= 0.3 is 0 Å². The minimum absolute atomic E-state index is 0.151. The fourth-order valence-corrected chi connectivity index (χ4v) is 1.86. The number of ketones is 1. The van der Waals surface area contributed by atoms with Gasteiger partial charge in [0.25, 0.3) is 0 Å². The highest BCUT2D eigenvalue weighted by molar-refractivity contribution is 5.96. The van der Waals surface area contributed by atoms with E-state index in [1.165, 1.54) is 12.1 Å². The van der Waals surface area contributed by atoms with Crippen molar-refractivity contribution in [2.24, 2.45) is 0 Å². The fraction of sp³-hybridized carbons (Fsp3) is 0.235. The quantitative estimate of drug-likeness (QED) is 0.729. The van der Waals surface area contributed by atoms with Crippen molar-refractivity contribution in [1.29, 1.82) is 0 Å². The van der Waals surface area contributed by atoms with Gasteiger partial charge in [-0.15, -0.1) is 0 Å². The van der Waals surface area contributed by atoms with E-state index >= 15 is 0 Å². The molecule has 104 valence electrons. The fourth-order valence-electron chi connectivity index (χ4n) is 1.86. The van der Waals surface area contributed by atoms with Crippen LogP contribution >= 0.6 is 0 Å². The second kappa shape index (κ2) is 6.85. The lowest BCUT2D eigenvalue weighted by Crippen LogP contribution is -1.99. The Balaban J connectivity index is 1.93. The van der Waals surface area contributed by atoms with Crippen molar-refractivity contribution in [2.75, 3.05) is 0 Å². The van der Waals surface area contributed by atoms with Gasteiger partial charge in [0.1, 0.15) is 18.2 Å². The van der Waals surface area contributed by atoms with Gasteiger partial charge in [0.2, 0.25) is 0 Å². The zero-order valence-corrected chi connectivity index (χ0v) is 11.4. The molecule has 0 aromatic heterocycles. The van der Waals surface area contributed by atoms with Crippen LogP contribution in [0.5, 0.6) is 5.75 Å². The van der Waals surface area contributed by atoms with E-state index in [-0.39, 0.29) is 11.6 Å². The van der Waals surface area contributed by atoms with Gasteiger partial charge in [0.05, 0.1) is 0 Å². The second-order valence-electron chi connectivity index (χ2n) is 4.61. The SMILES string of the molecule is CCCC(=O)c1ccc(OCc2ccc(F)cc2)cc1. The summed E-state index contributed by atoms with van der Waals surface area (Å²) in [5, 5.41) is 0. The normalized spacial score (nSPS) is 10.3. The van der Waals surface area contributed by atoms with Crippen molar-refractivity contribution in [3.63, 3.8) is 0 Å². The molecular weight excluding hydrogens is 255 g/mol. The van der Waals surface area contributed by atoms with Gasteiger partial charge in [-0.3, -0.25) is 4.79 Å². The molecule has 0 radical (unpaired) electrons. The van der Waals surface area contributed by atoms with E-state index in [0.717, 1.165) is 12.0 Å². The summed E-state index contributed by atoms with van der Waals surface area (Å²) < 4.78 is 18.4. The Hall–Kier alpha value is -2.16. The molecular formula is C17H17FO2. The predicted molar refractivity (Wildman–Crippen MR) is 76.4 cm³/mol. The Kier molecular flexibility index (Phi) is 4.88. The summed E-state index contributed by atoms with van der Waals surface area (Å²) >= 11 is 0. The lowest BCUT2D eigenvalue weighted by molar-refractivity contribution is 0.0981. The number of benzene rings is 2. The molecule has 0 aliphatic heterocycles. The predicted octanol–water partition coefficient (Wildman–Crippen LogP) is 4.39. The maximum atomic E-state index is 12.8. The van der Waals surface area contributed by atoms with Gasteiger partial charge < -0.3 is 4.74 Å². The molecule has 0 aliphatic rings. The minimum Gasteiger partial charge on any atom is -0.489 e. The molecule has 0 saturated heterocycles.